The Kier molecular flexibility index (Phi) is 4.60. The summed E-state index contributed by atoms with van der Waals surface area (Å²) in [4.78, 5) is 2.66. The van der Waals surface area contributed by atoms with Crippen LogP contribution in [-0.2, 0) is 0 Å². The first-order valence-electron chi connectivity index (χ1n) is 6.43. The van der Waals surface area contributed by atoms with Crippen molar-refractivity contribution in [2.45, 2.75) is 52.5 Å². The number of hydrogen-bond donors (Lipinski definition) is 1. The molecule has 1 unspecified atom stereocenters. The van der Waals surface area contributed by atoms with Crippen LogP contribution in [0.2, 0.25) is 0 Å². The van der Waals surface area contributed by atoms with E-state index < -0.39 is 0 Å². The van der Waals surface area contributed by atoms with Crippen molar-refractivity contribution in [3.8, 4) is 0 Å². The summed E-state index contributed by atoms with van der Waals surface area (Å²) in [5.41, 5.74) is 6.05. The van der Waals surface area contributed by atoms with Crippen molar-refractivity contribution < 1.29 is 0 Å². The molecule has 1 heterocycles. The van der Waals surface area contributed by atoms with Crippen LogP contribution in [0.4, 0.5) is 0 Å². The molecule has 1 fully saturated rings. The minimum Gasteiger partial charge on any atom is -0.330 e. The van der Waals surface area contributed by atoms with Gasteiger partial charge in [0.15, 0.2) is 0 Å². The van der Waals surface area contributed by atoms with E-state index in [1.165, 1.54) is 32.4 Å². The van der Waals surface area contributed by atoms with Crippen molar-refractivity contribution in [3.63, 3.8) is 0 Å². The maximum absolute atomic E-state index is 5.68. The molecule has 0 amide bonds. The van der Waals surface area contributed by atoms with Gasteiger partial charge in [0, 0.05) is 5.54 Å². The molecule has 1 atom stereocenters. The number of rotatable bonds is 5. The van der Waals surface area contributed by atoms with Crippen LogP contribution in [0.5, 0.6) is 0 Å². The minimum atomic E-state index is 0.369. The third-order valence-electron chi connectivity index (χ3n) is 4.05. The van der Waals surface area contributed by atoms with Crippen molar-refractivity contribution in [3.05, 3.63) is 0 Å². The molecule has 0 spiro atoms. The fraction of sp³-hybridized carbons (Fsp3) is 1.00. The van der Waals surface area contributed by atoms with E-state index in [-0.39, 0.29) is 0 Å². The molecule has 0 bridgehead atoms. The zero-order chi connectivity index (χ0) is 11.5. The maximum atomic E-state index is 5.68. The molecule has 0 aromatic heterocycles. The first-order valence-corrected chi connectivity index (χ1v) is 6.43. The van der Waals surface area contributed by atoms with Crippen LogP contribution in [0.3, 0.4) is 0 Å². The Hall–Kier alpha value is -0.0800. The SMILES string of the molecule is CC(C)CCN1CCC(CCN)C1(C)C. The Morgan fingerprint density at radius 3 is 2.60 bits per heavy atom. The van der Waals surface area contributed by atoms with E-state index in [2.05, 4.69) is 32.6 Å². The number of nitrogens with two attached hydrogens (primary N) is 1. The van der Waals surface area contributed by atoms with E-state index in [0.29, 0.717) is 5.54 Å². The lowest BCUT2D eigenvalue weighted by Gasteiger charge is -2.36. The minimum absolute atomic E-state index is 0.369. The summed E-state index contributed by atoms with van der Waals surface area (Å²) in [7, 11) is 0. The Bertz CT molecular complexity index is 187. The lowest BCUT2D eigenvalue weighted by molar-refractivity contribution is 0.129. The monoisotopic (exact) mass is 212 g/mol. The Labute approximate surface area is 95.2 Å². The molecule has 2 heteroatoms. The van der Waals surface area contributed by atoms with Crippen LogP contribution in [0.1, 0.15) is 47.0 Å². The van der Waals surface area contributed by atoms with Gasteiger partial charge in [0.25, 0.3) is 0 Å². The molecule has 1 saturated heterocycles. The van der Waals surface area contributed by atoms with Crippen molar-refractivity contribution in [2.75, 3.05) is 19.6 Å². The van der Waals surface area contributed by atoms with Crippen LogP contribution in [0.25, 0.3) is 0 Å². The van der Waals surface area contributed by atoms with E-state index in [1.54, 1.807) is 0 Å². The predicted octanol–water partition coefficient (Wildman–Crippen LogP) is 2.48. The highest BCUT2D eigenvalue weighted by Crippen LogP contribution is 2.36. The molecule has 1 aliphatic rings. The second-order valence-electron chi connectivity index (χ2n) is 5.89. The van der Waals surface area contributed by atoms with Gasteiger partial charge in [-0.15, -0.1) is 0 Å². The maximum Gasteiger partial charge on any atom is 0.0182 e. The molecule has 1 rings (SSSR count). The van der Waals surface area contributed by atoms with Crippen LogP contribution in [-0.4, -0.2) is 30.1 Å². The summed E-state index contributed by atoms with van der Waals surface area (Å²) in [6, 6.07) is 0. The Balaban J connectivity index is 2.47. The van der Waals surface area contributed by atoms with Gasteiger partial charge < -0.3 is 5.73 Å². The van der Waals surface area contributed by atoms with E-state index in [0.717, 1.165) is 18.4 Å². The van der Waals surface area contributed by atoms with Gasteiger partial charge in [-0.05, 0) is 64.6 Å². The summed E-state index contributed by atoms with van der Waals surface area (Å²) in [5.74, 6) is 1.61. The Morgan fingerprint density at radius 2 is 2.07 bits per heavy atom. The molecule has 0 saturated carbocycles. The second kappa shape index (κ2) is 5.31. The quantitative estimate of drug-likeness (QED) is 0.758. The fourth-order valence-electron chi connectivity index (χ4n) is 2.72. The summed E-state index contributed by atoms with van der Waals surface area (Å²) >= 11 is 0. The van der Waals surface area contributed by atoms with Gasteiger partial charge in [-0.1, -0.05) is 13.8 Å². The number of hydrogen-bond acceptors (Lipinski definition) is 2. The second-order valence-corrected chi connectivity index (χ2v) is 5.89. The molecule has 0 radical (unpaired) electrons. The van der Waals surface area contributed by atoms with Crippen LogP contribution >= 0.6 is 0 Å². The number of nitrogens with zero attached hydrogens (tertiary/aromatic N) is 1. The first-order chi connectivity index (χ1) is 6.98. The molecule has 15 heavy (non-hydrogen) atoms. The summed E-state index contributed by atoms with van der Waals surface area (Å²) in [6.07, 6.45) is 3.84. The lowest BCUT2D eigenvalue weighted by Crippen LogP contribution is -2.43. The van der Waals surface area contributed by atoms with Crippen LogP contribution < -0.4 is 5.73 Å². The smallest absolute Gasteiger partial charge is 0.0182 e. The van der Waals surface area contributed by atoms with E-state index in [1.807, 2.05) is 0 Å². The highest BCUT2D eigenvalue weighted by Gasteiger charge is 2.39. The van der Waals surface area contributed by atoms with Gasteiger partial charge in [-0.3, -0.25) is 4.90 Å². The standard InChI is InChI=1S/C13H28N2/c1-11(2)6-9-15-10-7-12(5-8-14)13(15,3)4/h11-12H,5-10,14H2,1-4H3. The average molecular weight is 212 g/mol. The van der Waals surface area contributed by atoms with Crippen LogP contribution in [0, 0.1) is 11.8 Å². The summed E-state index contributed by atoms with van der Waals surface area (Å²) in [5, 5.41) is 0. The van der Waals surface area contributed by atoms with E-state index in [4.69, 9.17) is 5.73 Å². The van der Waals surface area contributed by atoms with Crippen molar-refractivity contribution in [1.29, 1.82) is 0 Å². The van der Waals surface area contributed by atoms with Crippen molar-refractivity contribution >= 4 is 0 Å². The topological polar surface area (TPSA) is 29.3 Å². The Morgan fingerprint density at radius 1 is 1.40 bits per heavy atom. The molecule has 2 N–H and O–H groups in total. The molecular weight excluding hydrogens is 184 g/mol. The van der Waals surface area contributed by atoms with Crippen molar-refractivity contribution in [2.24, 2.45) is 17.6 Å². The molecule has 90 valence electrons. The van der Waals surface area contributed by atoms with E-state index >= 15 is 0 Å². The van der Waals surface area contributed by atoms with Gasteiger partial charge in [0.1, 0.15) is 0 Å². The van der Waals surface area contributed by atoms with E-state index in [9.17, 15) is 0 Å². The van der Waals surface area contributed by atoms with Gasteiger partial charge in [-0.25, -0.2) is 0 Å². The lowest BCUT2D eigenvalue weighted by atomic mass is 9.86. The number of likely N-dealkylation sites (tertiary alicyclic amines) is 1. The fourth-order valence-corrected chi connectivity index (χ4v) is 2.72. The zero-order valence-corrected chi connectivity index (χ0v) is 10.9. The molecule has 0 aromatic carbocycles. The van der Waals surface area contributed by atoms with Gasteiger partial charge in [-0.2, -0.15) is 0 Å². The normalized spacial score (nSPS) is 26.4. The highest BCUT2D eigenvalue weighted by molar-refractivity contribution is 4.95. The average Bonchev–Trinajstić information content (AvgIpc) is 2.40. The molecule has 0 aromatic rings. The van der Waals surface area contributed by atoms with Gasteiger partial charge in [0.2, 0.25) is 0 Å². The third-order valence-corrected chi connectivity index (χ3v) is 4.05. The molecular formula is C13H28N2. The van der Waals surface area contributed by atoms with Gasteiger partial charge >= 0.3 is 0 Å². The first kappa shape index (κ1) is 13.0. The molecule has 2 nitrogen and oxygen atoms in total. The molecule has 0 aliphatic carbocycles. The van der Waals surface area contributed by atoms with Crippen LogP contribution in [0.15, 0.2) is 0 Å². The van der Waals surface area contributed by atoms with Gasteiger partial charge in [0.05, 0.1) is 0 Å². The zero-order valence-electron chi connectivity index (χ0n) is 10.9. The molecule has 1 aliphatic heterocycles. The summed E-state index contributed by atoms with van der Waals surface area (Å²) in [6.45, 7) is 12.8. The third kappa shape index (κ3) is 3.18. The predicted molar refractivity (Wildman–Crippen MR) is 66.9 cm³/mol. The summed E-state index contributed by atoms with van der Waals surface area (Å²) < 4.78 is 0. The highest BCUT2D eigenvalue weighted by atomic mass is 15.2. The van der Waals surface area contributed by atoms with Crippen molar-refractivity contribution in [1.82, 2.24) is 4.90 Å². The largest absolute Gasteiger partial charge is 0.330 e.